The Hall–Kier alpha value is -0.740. The van der Waals surface area contributed by atoms with E-state index in [1.54, 1.807) is 6.07 Å². The van der Waals surface area contributed by atoms with Crippen LogP contribution in [0.15, 0.2) is 23.1 Å². The molecule has 0 spiro atoms. The highest BCUT2D eigenvalue weighted by Crippen LogP contribution is 2.33. The van der Waals surface area contributed by atoms with Crippen LogP contribution in [0.1, 0.15) is 30.9 Å². The summed E-state index contributed by atoms with van der Waals surface area (Å²) in [6.07, 6.45) is 3.36. The Kier molecular flexibility index (Phi) is 2.56. The van der Waals surface area contributed by atoms with E-state index in [0.29, 0.717) is 16.7 Å². The van der Waals surface area contributed by atoms with Crippen molar-refractivity contribution in [2.45, 2.75) is 36.2 Å². The maximum Gasteiger partial charge on any atom is 0.124 e. The molecule has 16 heavy (non-hydrogen) atoms. The van der Waals surface area contributed by atoms with Gasteiger partial charge in [-0.25, -0.2) is 4.39 Å². The van der Waals surface area contributed by atoms with Gasteiger partial charge in [-0.2, -0.15) is 0 Å². The Balaban J connectivity index is 1.95. The first-order valence-corrected chi connectivity index (χ1v) is 7.00. The van der Waals surface area contributed by atoms with Gasteiger partial charge in [-0.3, -0.25) is 4.21 Å². The summed E-state index contributed by atoms with van der Waals surface area (Å²) < 4.78 is 24.9. The summed E-state index contributed by atoms with van der Waals surface area (Å²) in [5.74, 6) is 0.347. The summed E-state index contributed by atoms with van der Waals surface area (Å²) >= 11 is 0. The molecule has 2 unspecified atom stereocenters. The fraction of sp³-hybridized carbons (Fsp3) is 0.500. The van der Waals surface area contributed by atoms with Crippen LogP contribution < -0.4 is 5.32 Å². The summed E-state index contributed by atoms with van der Waals surface area (Å²) in [6, 6.07) is 5.55. The molecule has 1 aromatic carbocycles. The highest BCUT2D eigenvalue weighted by molar-refractivity contribution is 7.85. The third-order valence-corrected chi connectivity index (χ3v) is 4.65. The van der Waals surface area contributed by atoms with Crippen LogP contribution in [-0.2, 0) is 10.8 Å². The monoisotopic (exact) mass is 239 g/mol. The van der Waals surface area contributed by atoms with Crippen LogP contribution in [-0.4, -0.2) is 16.0 Å². The van der Waals surface area contributed by atoms with Crippen LogP contribution in [0.25, 0.3) is 0 Å². The van der Waals surface area contributed by atoms with Crippen molar-refractivity contribution in [1.82, 2.24) is 5.32 Å². The second-order valence-corrected chi connectivity index (χ2v) is 6.05. The maximum atomic E-state index is 13.1. The molecule has 1 heterocycles. The number of hydrogen-bond donors (Lipinski definition) is 1. The summed E-state index contributed by atoms with van der Waals surface area (Å²) in [7, 11) is -1.02. The molecule has 0 saturated heterocycles. The standard InChI is InChI=1S/C12H14FNOS/c13-8-1-4-10-11(14-9-2-3-9)5-6-16(15)12(10)7-8/h1,4,7,9,11,14H,2-3,5-6H2. The summed E-state index contributed by atoms with van der Waals surface area (Å²) in [6.45, 7) is 0. The number of hydrogen-bond acceptors (Lipinski definition) is 2. The number of fused-ring (bicyclic) bond motifs is 1. The van der Waals surface area contributed by atoms with Crippen molar-refractivity contribution in [3.05, 3.63) is 29.6 Å². The van der Waals surface area contributed by atoms with Crippen LogP contribution >= 0.6 is 0 Å². The average molecular weight is 239 g/mol. The maximum absolute atomic E-state index is 13.1. The number of benzene rings is 1. The number of nitrogens with one attached hydrogen (secondary N) is 1. The van der Waals surface area contributed by atoms with Gasteiger partial charge in [-0.15, -0.1) is 0 Å². The summed E-state index contributed by atoms with van der Waals surface area (Å²) in [4.78, 5) is 0.685. The molecule has 1 saturated carbocycles. The summed E-state index contributed by atoms with van der Waals surface area (Å²) in [5.41, 5.74) is 1.03. The molecule has 0 aromatic heterocycles. The minimum Gasteiger partial charge on any atom is -0.307 e. The van der Waals surface area contributed by atoms with Crippen LogP contribution in [0.3, 0.4) is 0 Å². The molecule has 1 fully saturated rings. The van der Waals surface area contributed by atoms with Gasteiger partial charge in [0.15, 0.2) is 0 Å². The molecular formula is C12H14FNOS. The fourth-order valence-corrected chi connectivity index (χ4v) is 3.58. The molecular weight excluding hydrogens is 225 g/mol. The molecule has 2 aliphatic rings. The van der Waals surface area contributed by atoms with Gasteiger partial charge >= 0.3 is 0 Å². The van der Waals surface area contributed by atoms with Gasteiger partial charge in [0, 0.05) is 22.7 Å². The van der Waals surface area contributed by atoms with Crippen molar-refractivity contribution >= 4 is 10.8 Å². The van der Waals surface area contributed by atoms with E-state index in [-0.39, 0.29) is 11.9 Å². The molecule has 2 nitrogen and oxygen atoms in total. The average Bonchev–Trinajstić information content (AvgIpc) is 3.06. The van der Waals surface area contributed by atoms with Crippen LogP contribution in [0.5, 0.6) is 0 Å². The second-order valence-electron chi connectivity index (χ2n) is 4.51. The third kappa shape index (κ3) is 1.92. The zero-order chi connectivity index (χ0) is 11.1. The SMILES string of the molecule is O=S1CCC(NC2CC2)c2ccc(F)cc21. The van der Waals surface area contributed by atoms with Crippen LogP contribution in [0.4, 0.5) is 4.39 Å². The first-order valence-electron chi connectivity index (χ1n) is 5.68. The molecule has 86 valence electrons. The van der Waals surface area contributed by atoms with Gasteiger partial charge in [-0.1, -0.05) is 6.07 Å². The van der Waals surface area contributed by atoms with Crippen molar-refractivity contribution in [3.8, 4) is 0 Å². The molecule has 0 radical (unpaired) electrons. The number of rotatable bonds is 2. The molecule has 4 heteroatoms. The van der Waals surface area contributed by atoms with Crippen LogP contribution in [0, 0.1) is 5.82 Å². The predicted octanol–water partition coefficient (Wildman–Crippen LogP) is 2.13. The molecule has 1 N–H and O–H groups in total. The van der Waals surface area contributed by atoms with Gasteiger partial charge in [0.2, 0.25) is 0 Å². The molecule has 0 bridgehead atoms. The van der Waals surface area contributed by atoms with Gasteiger partial charge in [0.25, 0.3) is 0 Å². The molecule has 3 rings (SSSR count). The van der Waals surface area contributed by atoms with E-state index in [0.717, 1.165) is 12.0 Å². The Labute approximate surface area is 96.7 Å². The first kappa shape index (κ1) is 10.4. The molecule has 1 aromatic rings. The minimum atomic E-state index is -1.02. The highest BCUT2D eigenvalue weighted by atomic mass is 32.2. The first-order chi connectivity index (χ1) is 7.74. The van der Waals surface area contributed by atoms with Gasteiger partial charge in [-0.05, 0) is 37.0 Å². The van der Waals surface area contributed by atoms with Crippen molar-refractivity contribution in [3.63, 3.8) is 0 Å². The van der Waals surface area contributed by atoms with E-state index in [1.807, 2.05) is 0 Å². The molecule has 1 aliphatic heterocycles. The van der Waals surface area contributed by atoms with E-state index < -0.39 is 10.8 Å². The summed E-state index contributed by atoms with van der Waals surface area (Å²) in [5, 5.41) is 3.53. The van der Waals surface area contributed by atoms with E-state index in [9.17, 15) is 8.60 Å². The lowest BCUT2D eigenvalue weighted by Crippen LogP contribution is -2.29. The van der Waals surface area contributed by atoms with E-state index in [2.05, 4.69) is 5.32 Å². The fourth-order valence-electron chi connectivity index (χ4n) is 2.19. The zero-order valence-electron chi connectivity index (χ0n) is 8.91. The van der Waals surface area contributed by atoms with Crippen molar-refractivity contribution in [2.24, 2.45) is 0 Å². The smallest absolute Gasteiger partial charge is 0.124 e. The normalized spacial score (nSPS) is 28.8. The zero-order valence-corrected chi connectivity index (χ0v) is 9.73. The largest absolute Gasteiger partial charge is 0.307 e. The lowest BCUT2D eigenvalue weighted by Gasteiger charge is -2.26. The quantitative estimate of drug-likeness (QED) is 0.856. The Bertz CT molecular complexity index is 445. The third-order valence-electron chi connectivity index (χ3n) is 3.20. The van der Waals surface area contributed by atoms with Crippen LogP contribution in [0.2, 0.25) is 0 Å². The second kappa shape index (κ2) is 3.93. The Morgan fingerprint density at radius 1 is 1.31 bits per heavy atom. The van der Waals surface area contributed by atoms with Crippen molar-refractivity contribution in [2.75, 3.05) is 5.75 Å². The van der Waals surface area contributed by atoms with Crippen molar-refractivity contribution < 1.29 is 8.60 Å². The minimum absolute atomic E-state index is 0.265. The van der Waals surface area contributed by atoms with Crippen molar-refractivity contribution in [1.29, 1.82) is 0 Å². The predicted molar refractivity (Wildman–Crippen MR) is 61.2 cm³/mol. The lowest BCUT2D eigenvalue weighted by atomic mass is 10.0. The van der Waals surface area contributed by atoms with Gasteiger partial charge in [0.1, 0.15) is 5.82 Å². The highest BCUT2D eigenvalue weighted by Gasteiger charge is 2.30. The Morgan fingerprint density at radius 2 is 2.12 bits per heavy atom. The van der Waals surface area contributed by atoms with Gasteiger partial charge in [0.05, 0.1) is 10.8 Å². The topological polar surface area (TPSA) is 29.1 Å². The molecule has 2 atom stereocenters. The van der Waals surface area contributed by atoms with E-state index in [1.165, 1.54) is 25.0 Å². The van der Waals surface area contributed by atoms with Gasteiger partial charge < -0.3 is 5.32 Å². The van der Waals surface area contributed by atoms with E-state index in [4.69, 9.17) is 0 Å². The lowest BCUT2D eigenvalue weighted by molar-refractivity contribution is 0.498. The molecule has 1 aliphatic carbocycles. The Morgan fingerprint density at radius 3 is 2.88 bits per heavy atom. The molecule has 0 amide bonds. The number of halogens is 1. The van der Waals surface area contributed by atoms with E-state index >= 15 is 0 Å².